The molecule has 2 aromatic rings. The number of methoxy groups -OCH3 is 1. The average Bonchev–Trinajstić information content (AvgIpc) is 2.85. The van der Waals surface area contributed by atoms with E-state index in [0.717, 1.165) is 29.8 Å². The first-order valence-electron chi connectivity index (χ1n) is 6.50. The molecule has 19 heavy (non-hydrogen) atoms. The number of nitrogens with two attached hydrogens (primary N) is 1. The van der Waals surface area contributed by atoms with Gasteiger partial charge in [0.25, 0.3) is 0 Å². The summed E-state index contributed by atoms with van der Waals surface area (Å²) in [6, 6.07) is 7.91. The van der Waals surface area contributed by atoms with Crippen LogP contribution in [-0.2, 0) is 18.5 Å². The predicted molar refractivity (Wildman–Crippen MR) is 76.1 cm³/mol. The Morgan fingerprint density at radius 2 is 2.00 bits per heavy atom. The zero-order valence-corrected chi connectivity index (χ0v) is 11.8. The fourth-order valence-electron chi connectivity index (χ4n) is 2.17. The molecule has 0 bridgehead atoms. The van der Waals surface area contributed by atoms with Gasteiger partial charge in [-0.05, 0) is 43.5 Å². The average molecular weight is 259 g/mol. The van der Waals surface area contributed by atoms with Crippen molar-refractivity contribution in [3.63, 3.8) is 0 Å². The molecule has 102 valence electrons. The van der Waals surface area contributed by atoms with Crippen molar-refractivity contribution in [2.24, 2.45) is 5.73 Å². The zero-order valence-electron chi connectivity index (χ0n) is 11.8. The number of benzene rings is 1. The molecule has 1 aromatic heterocycles. The Balaban J connectivity index is 2.16. The molecule has 1 unspecified atom stereocenters. The van der Waals surface area contributed by atoms with E-state index >= 15 is 0 Å². The molecule has 4 nitrogen and oxygen atoms in total. The second-order valence-corrected chi connectivity index (χ2v) is 5.03. The zero-order chi connectivity index (χ0) is 13.9. The first-order chi connectivity index (χ1) is 9.05. The van der Waals surface area contributed by atoms with Crippen molar-refractivity contribution in [1.82, 2.24) is 9.78 Å². The van der Waals surface area contributed by atoms with Crippen molar-refractivity contribution in [3.05, 3.63) is 47.8 Å². The Morgan fingerprint density at radius 3 is 2.53 bits per heavy atom. The summed E-state index contributed by atoms with van der Waals surface area (Å²) in [5.41, 5.74) is 8.28. The molecule has 0 spiro atoms. The van der Waals surface area contributed by atoms with Gasteiger partial charge < -0.3 is 10.5 Å². The Morgan fingerprint density at radius 1 is 1.32 bits per heavy atom. The van der Waals surface area contributed by atoms with Crippen molar-refractivity contribution in [3.8, 4) is 5.75 Å². The largest absolute Gasteiger partial charge is 0.497 e. The third kappa shape index (κ3) is 3.15. The lowest BCUT2D eigenvalue weighted by Gasteiger charge is -2.24. The van der Waals surface area contributed by atoms with Crippen LogP contribution in [0.4, 0.5) is 0 Å². The van der Waals surface area contributed by atoms with Crippen LogP contribution in [0.3, 0.4) is 0 Å². The van der Waals surface area contributed by atoms with Gasteiger partial charge in [-0.3, -0.25) is 4.68 Å². The van der Waals surface area contributed by atoms with Crippen LogP contribution < -0.4 is 10.5 Å². The smallest absolute Gasteiger partial charge is 0.118 e. The van der Waals surface area contributed by atoms with Crippen LogP contribution in [0.2, 0.25) is 0 Å². The third-order valence-corrected chi connectivity index (χ3v) is 3.33. The van der Waals surface area contributed by atoms with E-state index < -0.39 is 5.54 Å². The van der Waals surface area contributed by atoms with Gasteiger partial charge in [0.2, 0.25) is 0 Å². The molecule has 0 radical (unpaired) electrons. The van der Waals surface area contributed by atoms with E-state index in [9.17, 15) is 0 Å². The lowest BCUT2D eigenvalue weighted by Crippen LogP contribution is -2.35. The topological polar surface area (TPSA) is 53.1 Å². The van der Waals surface area contributed by atoms with E-state index in [2.05, 4.69) is 18.2 Å². The van der Waals surface area contributed by atoms with E-state index in [4.69, 9.17) is 10.5 Å². The molecular formula is C15H21N3O. The Labute approximate surface area is 114 Å². The highest BCUT2D eigenvalue weighted by atomic mass is 16.5. The number of nitrogens with zero attached hydrogens (tertiary/aromatic N) is 2. The number of rotatable bonds is 5. The van der Waals surface area contributed by atoms with Crippen LogP contribution in [-0.4, -0.2) is 16.9 Å². The number of hydrogen-bond donors (Lipinski definition) is 1. The molecule has 4 heteroatoms. The van der Waals surface area contributed by atoms with Crippen LogP contribution in [0.5, 0.6) is 5.75 Å². The molecule has 0 saturated heterocycles. The minimum Gasteiger partial charge on any atom is -0.497 e. The summed E-state index contributed by atoms with van der Waals surface area (Å²) in [5.74, 6) is 0.846. The second kappa shape index (κ2) is 5.45. The monoisotopic (exact) mass is 259 g/mol. The number of ether oxygens (including phenoxy) is 1. The second-order valence-electron chi connectivity index (χ2n) is 5.03. The van der Waals surface area contributed by atoms with Gasteiger partial charge in [-0.25, -0.2) is 0 Å². The minimum absolute atomic E-state index is 0.409. The summed E-state index contributed by atoms with van der Waals surface area (Å²) in [6.07, 6.45) is 4.70. The predicted octanol–water partition coefficient (Wildman–Crippen LogP) is 2.33. The van der Waals surface area contributed by atoms with Crippen molar-refractivity contribution >= 4 is 0 Å². The lowest BCUT2D eigenvalue weighted by molar-refractivity contribution is 0.413. The van der Waals surface area contributed by atoms with Gasteiger partial charge in [-0.15, -0.1) is 0 Å². The molecule has 0 aliphatic carbocycles. The normalized spacial score (nSPS) is 14.1. The quantitative estimate of drug-likeness (QED) is 0.896. The summed E-state index contributed by atoms with van der Waals surface area (Å²) in [5, 5.41) is 4.28. The first kappa shape index (κ1) is 13.6. The highest BCUT2D eigenvalue weighted by Gasteiger charge is 2.22. The third-order valence-electron chi connectivity index (χ3n) is 3.33. The molecule has 0 aliphatic heterocycles. The first-order valence-corrected chi connectivity index (χ1v) is 6.50. The molecule has 0 aliphatic rings. The summed E-state index contributed by atoms with van der Waals surface area (Å²) in [4.78, 5) is 0. The highest BCUT2D eigenvalue weighted by molar-refractivity contribution is 5.32. The summed E-state index contributed by atoms with van der Waals surface area (Å²) < 4.78 is 7.08. The Hall–Kier alpha value is -1.81. The maximum Gasteiger partial charge on any atom is 0.118 e. The van der Waals surface area contributed by atoms with Gasteiger partial charge in [0.1, 0.15) is 5.75 Å². The van der Waals surface area contributed by atoms with Crippen LogP contribution in [0, 0.1) is 0 Å². The van der Waals surface area contributed by atoms with Crippen molar-refractivity contribution < 1.29 is 4.74 Å². The van der Waals surface area contributed by atoms with Crippen LogP contribution in [0.25, 0.3) is 0 Å². The molecule has 1 atom stereocenters. The fourth-order valence-corrected chi connectivity index (χ4v) is 2.17. The maximum atomic E-state index is 6.43. The van der Waals surface area contributed by atoms with Gasteiger partial charge in [0.15, 0.2) is 0 Å². The molecule has 0 amide bonds. The van der Waals surface area contributed by atoms with Crippen LogP contribution in [0.15, 0.2) is 36.7 Å². The highest BCUT2D eigenvalue weighted by Crippen LogP contribution is 2.24. The van der Waals surface area contributed by atoms with Crippen LogP contribution in [0.1, 0.15) is 25.0 Å². The molecule has 0 saturated carbocycles. The van der Waals surface area contributed by atoms with E-state index in [1.807, 2.05) is 42.1 Å². The minimum atomic E-state index is -0.409. The summed E-state index contributed by atoms with van der Waals surface area (Å²) in [7, 11) is 1.66. The van der Waals surface area contributed by atoms with Gasteiger partial charge in [-0.2, -0.15) is 5.10 Å². The van der Waals surface area contributed by atoms with Gasteiger partial charge in [0.05, 0.1) is 13.3 Å². The van der Waals surface area contributed by atoms with Gasteiger partial charge in [-0.1, -0.05) is 12.1 Å². The SMILES string of the molecule is CCn1cc(CC(C)(N)c2ccc(OC)cc2)cn1. The Kier molecular flexibility index (Phi) is 3.90. The van der Waals surface area contributed by atoms with Gasteiger partial charge in [0, 0.05) is 18.3 Å². The van der Waals surface area contributed by atoms with Crippen molar-refractivity contribution in [2.45, 2.75) is 32.4 Å². The van der Waals surface area contributed by atoms with E-state index in [1.165, 1.54) is 0 Å². The molecule has 1 aromatic carbocycles. The van der Waals surface area contributed by atoms with E-state index in [-0.39, 0.29) is 0 Å². The molecule has 1 heterocycles. The van der Waals surface area contributed by atoms with Gasteiger partial charge >= 0.3 is 0 Å². The maximum absolute atomic E-state index is 6.43. The van der Waals surface area contributed by atoms with Crippen molar-refractivity contribution in [2.75, 3.05) is 7.11 Å². The van der Waals surface area contributed by atoms with Crippen LogP contribution >= 0.6 is 0 Å². The summed E-state index contributed by atoms with van der Waals surface area (Å²) >= 11 is 0. The number of hydrogen-bond acceptors (Lipinski definition) is 3. The molecule has 2 N–H and O–H groups in total. The number of aromatic nitrogens is 2. The molecule has 0 fully saturated rings. The molecule has 2 rings (SSSR count). The molecular weight excluding hydrogens is 238 g/mol. The van der Waals surface area contributed by atoms with Crippen molar-refractivity contribution in [1.29, 1.82) is 0 Å². The summed E-state index contributed by atoms with van der Waals surface area (Å²) in [6.45, 7) is 4.99. The standard InChI is InChI=1S/C15H21N3O/c1-4-18-11-12(10-17-18)9-15(2,16)13-5-7-14(19-3)8-6-13/h5-8,10-11H,4,9,16H2,1-3H3. The van der Waals surface area contributed by atoms with E-state index in [0.29, 0.717) is 0 Å². The lowest BCUT2D eigenvalue weighted by atomic mass is 9.87. The van der Waals surface area contributed by atoms with E-state index in [1.54, 1.807) is 7.11 Å². The Bertz CT molecular complexity index is 529. The number of aryl methyl sites for hydroxylation is 1. The fraction of sp³-hybridized carbons (Fsp3) is 0.400.